The number of nitrogens with one attached hydrogen (secondary N) is 2. The fraction of sp³-hybridized carbons (Fsp3) is 0.444. The number of aromatic nitrogens is 1. The molecule has 0 radical (unpaired) electrons. The maximum absolute atomic E-state index is 12.6. The monoisotopic (exact) mass is 400 g/mol. The topological polar surface area (TPSA) is 58.5 Å². The molecule has 2 rings (SSSR count). The lowest BCUT2D eigenvalue weighted by Gasteiger charge is -2.13. The molecule has 0 saturated heterocycles. The summed E-state index contributed by atoms with van der Waals surface area (Å²) in [5.41, 5.74) is 0.137. The van der Waals surface area contributed by atoms with E-state index < -0.39 is 11.9 Å². The van der Waals surface area contributed by atoms with Crippen molar-refractivity contribution >= 4 is 17.3 Å². The van der Waals surface area contributed by atoms with Crippen molar-refractivity contribution < 1.29 is 17.9 Å². The second-order valence-electron chi connectivity index (χ2n) is 6.26. The Balaban J connectivity index is 1.85. The molecule has 0 bridgehead atoms. The number of ether oxygens (including phenoxy) is 1. The van der Waals surface area contributed by atoms with Gasteiger partial charge in [0.1, 0.15) is 10.8 Å². The summed E-state index contributed by atoms with van der Waals surface area (Å²) in [7, 11) is 1.60. The molecule has 0 spiro atoms. The van der Waals surface area contributed by atoms with E-state index in [2.05, 4.69) is 34.5 Å². The van der Waals surface area contributed by atoms with Gasteiger partial charge in [0.25, 0.3) is 0 Å². The molecule has 0 aliphatic heterocycles. The molecule has 5 nitrogen and oxygen atoms in total. The molecule has 0 amide bonds. The van der Waals surface area contributed by atoms with E-state index >= 15 is 0 Å². The van der Waals surface area contributed by atoms with Gasteiger partial charge in [-0.25, -0.2) is 4.98 Å². The Morgan fingerprint density at radius 2 is 2.00 bits per heavy atom. The molecule has 0 atom stereocenters. The maximum atomic E-state index is 12.6. The van der Waals surface area contributed by atoms with Crippen LogP contribution in [0.1, 0.15) is 30.1 Å². The number of halogens is 3. The number of alkyl halides is 3. The van der Waals surface area contributed by atoms with E-state index in [9.17, 15) is 13.2 Å². The second-order valence-corrected chi connectivity index (χ2v) is 7.20. The van der Waals surface area contributed by atoms with Gasteiger partial charge in [0.2, 0.25) is 0 Å². The Morgan fingerprint density at radius 3 is 2.63 bits per heavy atom. The van der Waals surface area contributed by atoms with Crippen LogP contribution in [0.4, 0.5) is 13.2 Å². The Morgan fingerprint density at radius 1 is 1.26 bits per heavy atom. The lowest BCUT2D eigenvalue weighted by Crippen LogP contribution is -2.36. The molecule has 1 aromatic heterocycles. The highest BCUT2D eigenvalue weighted by Gasteiger charge is 2.33. The third-order valence-corrected chi connectivity index (χ3v) is 4.26. The zero-order chi connectivity index (χ0) is 19.9. The summed E-state index contributed by atoms with van der Waals surface area (Å²) in [5, 5.41) is 7.44. The van der Waals surface area contributed by atoms with Crippen molar-refractivity contribution in [2.75, 3.05) is 13.7 Å². The highest BCUT2D eigenvalue weighted by molar-refractivity contribution is 7.09. The zero-order valence-electron chi connectivity index (χ0n) is 15.4. The van der Waals surface area contributed by atoms with Crippen LogP contribution in [0, 0.1) is 5.92 Å². The molecule has 2 N–H and O–H groups in total. The predicted molar refractivity (Wildman–Crippen MR) is 101 cm³/mol. The number of hydrogen-bond acceptors (Lipinski definition) is 4. The van der Waals surface area contributed by atoms with E-state index in [-0.39, 0.29) is 6.54 Å². The maximum Gasteiger partial charge on any atom is 0.434 e. The summed E-state index contributed by atoms with van der Waals surface area (Å²) >= 11 is 0.960. The van der Waals surface area contributed by atoms with Crippen molar-refractivity contribution in [1.29, 1.82) is 0 Å². The Kier molecular flexibility index (Phi) is 7.46. The molecule has 0 fully saturated rings. The number of aliphatic imine (C=N–C) groups is 1. The summed E-state index contributed by atoms with van der Waals surface area (Å²) in [5.74, 6) is 1.72. The Hall–Kier alpha value is -2.29. The number of hydrogen-bond donors (Lipinski definition) is 2. The molecule has 0 aliphatic rings. The lowest BCUT2D eigenvalue weighted by atomic mass is 10.2. The molecule has 1 aromatic carbocycles. The van der Waals surface area contributed by atoms with Gasteiger partial charge in [0, 0.05) is 19.0 Å². The van der Waals surface area contributed by atoms with Crippen LogP contribution in [0.2, 0.25) is 0 Å². The first-order valence-corrected chi connectivity index (χ1v) is 9.33. The average molecular weight is 400 g/mol. The molecule has 0 saturated carbocycles. The summed E-state index contributed by atoms with van der Waals surface area (Å²) in [6.45, 7) is 5.48. The summed E-state index contributed by atoms with van der Waals surface area (Å²) in [6.07, 6.45) is -4.42. The van der Waals surface area contributed by atoms with Gasteiger partial charge in [-0.3, -0.25) is 4.99 Å². The van der Waals surface area contributed by atoms with Crippen molar-refractivity contribution in [2.45, 2.75) is 33.1 Å². The van der Waals surface area contributed by atoms with E-state index in [1.54, 1.807) is 7.05 Å². The van der Waals surface area contributed by atoms with Crippen molar-refractivity contribution in [3.63, 3.8) is 0 Å². The minimum absolute atomic E-state index is 0.165. The van der Waals surface area contributed by atoms with Gasteiger partial charge in [-0.1, -0.05) is 26.0 Å². The number of benzene rings is 1. The fourth-order valence-corrected chi connectivity index (χ4v) is 2.84. The predicted octanol–water partition coefficient (Wildman–Crippen LogP) is 4.06. The first kappa shape index (κ1) is 21.0. The summed E-state index contributed by atoms with van der Waals surface area (Å²) in [6, 6.07) is 7.72. The Labute approximate surface area is 160 Å². The van der Waals surface area contributed by atoms with Gasteiger partial charge in [-0.05, 0) is 23.6 Å². The first-order chi connectivity index (χ1) is 12.8. The van der Waals surface area contributed by atoms with Crippen molar-refractivity contribution in [3.8, 4) is 5.75 Å². The molecule has 2 aromatic rings. The first-order valence-electron chi connectivity index (χ1n) is 8.45. The number of guanidine groups is 1. The summed E-state index contributed by atoms with van der Waals surface area (Å²) in [4.78, 5) is 7.66. The van der Waals surface area contributed by atoms with Gasteiger partial charge < -0.3 is 15.4 Å². The van der Waals surface area contributed by atoms with Gasteiger partial charge in [-0.15, -0.1) is 11.3 Å². The van der Waals surface area contributed by atoms with Crippen LogP contribution in [0.5, 0.6) is 5.75 Å². The average Bonchev–Trinajstić information content (AvgIpc) is 3.10. The van der Waals surface area contributed by atoms with E-state index in [1.807, 2.05) is 24.3 Å². The van der Waals surface area contributed by atoms with E-state index in [0.717, 1.165) is 28.0 Å². The van der Waals surface area contributed by atoms with Crippen LogP contribution in [-0.2, 0) is 19.3 Å². The van der Waals surface area contributed by atoms with Crippen LogP contribution in [0.15, 0.2) is 34.6 Å². The minimum Gasteiger partial charge on any atom is -0.493 e. The molecule has 0 unspecified atom stereocenters. The SMILES string of the molecule is CN=C(NCc1cccc(OCC(C)C)c1)NCc1nc(C(F)(F)F)cs1. The highest BCUT2D eigenvalue weighted by atomic mass is 32.1. The Bertz CT molecular complexity index is 759. The molecule has 9 heteroatoms. The minimum atomic E-state index is -4.42. The van der Waals surface area contributed by atoms with E-state index in [0.29, 0.717) is 30.0 Å². The third-order valence-electron chi connectivity index (χ3n) is 3.41. The standard InChI is InChI=1S/C18H23F3N4OS/c1-12(2)10-26-14-6-4-5-13(7-14)8-23-17(22-3)24-9-16-25-15(11-27-16)18(19,20)21/h4-7,11-12H,8-10H2,1-3H3,(H2,22,23,24). The highest BCUT2D eigenvalue weighted by Crippen LogP contribution is 2.29. The molecule has 27 heavy (non-hydrogen) atoms. The zero-order valence-corrected chi connectivity index (χ0v) is 16.2. The lowest BCUT2D eigenvalue weighted by molar-refractivity contribution is -0.140. The van der Waals surface area contributed by atoms with Crippen molar-refractivity contribution in [3.05, 3.63) is 45.9 Å². The van der Waals surface area contributed by atoms with Crippen LogP contribution in [-0.4, -0.2) is 24.6 Å². The van der Waals surface area contributed by atoms with Gasteiger partial charge in [0.05, 0.1) is 13.2 Å². The number of rotatable bonds is 7. The normalized spacial score (nSPS) is 12.3. The molecular formula is C18H23F3N4OS. The van der Waals surface area contributed by atoms with Gasteiger partial charge in [-0.2, -0.15) is 13.2 Å². The van der Waals surface area contributed by atoms with Crippen molar-refractivity contribution in [2.24, 2.45) is 10.9 Å². The number of thiazole rings is 1. The third kappa shape index (κ3) is 7.09. The molecular weight excluding hydrogens is 377 g/mol. The smallest absolute Gasteiger partial charge is 0.434 e. The van der Waals surface area contributed by atoms with Gasteiger partial charge in [0.15, 0.2) is 11.7 Å². The van der Waals surface area contributed by atoms with E-state index in [1.165, 1.54) is 0 Å². The second kappa shape index (κ2) is 9.59. The molecule has 0 aliphatic carbocycles. The van der Waals surface area contributed by atoms with E-state index in [4.69, 9.17) is 4.74 Å². The molecule has 148 valence electrons. The van der Waals surface area contributed by atoms with Gasteiger partial charge >= 0.3 is 6.18 Å². The molecule has 1 heterocycles. The van der Waals surface area contributed by atoms with Crippen LogP contribution in [0.3, 0.4) is 0 Å². The largest absolute Gasteiger partial charge is 0.493 e. The fourth-order valence-electron chi connectivity index (χ4n) is 2.10. The van der Waals surface area contributed by atoms with Crippen LogP contribution >= 0.6 is 11.3 Å². The number of nitrogens with zero attached hydrogens (tertiary/aromatic N) is 2. The van der Waals surface area contributed by atoms with Crippen molar-refractivity contribution in [1.82, 2.24) is 15.6 Å². The van der Waals surface area contributed by atoms with Crippen LogP contribution in [0.25, 0.3) is 0 Å². The quantitative estimate of drug-likeness (QED) is 0.544. The van der Waals surface area contributed by atoms with Crippen LogP contribution < -0.4 is 15.4 Å². The summed E-state index contributed by atoms with van der Waals surface area (Å²) < 4.78 is 43.5.